The largest absolute Gasteiger partial charge is 0.493 e. The van der Waals surface area contributed by atoms with Gasteiger partial charge in [0.1, 0.15) is 11.9 Å². The standard InChI is InChI=1S/C22H24N2O5/c1-15(29-22(27)10-9-21(25)26)11-14-28-18-5-3-17(4-6-18)20-8-7-19-16(2)23-12-13-24(19)20/h3-10,15H,11-14H2,1-2H3,(H,25,26)/b10-9+. The zero-order chi connectivity index (χ0) is 20.8. The first-order valence-electron chi connectivity index (χ1n) is 9.50. The van der Waals surface area contributed by atoms with Crippen molar-refractivity contribution >= 4 is 17.7 Å². The van der Waals surface area contributed by atoms with Crippen molar-refractivity contribution < 1.29 is 24.2 Å². The zero-order valence-electron chi connectivity index (χ0n) is 16.5. The first-order chi connectivity index (χ1) is 13.9. The molecule has 0 spiro atoms. The second-order valence-corrected chi connectivity index (χ2v) is 6.80. The summed E-state index contributed by atoms with van der Waals surface area (Å²) in [6.07, 6.45) is 1.77. The van der Waals surface area contributed by atoms with E-state index in [0.717, 1.165) is 53.7 Å². The Bertz CT molecular complexity index is 941. The normalized spacial score (nSPS) is 14.2. The molecule has 29 heavy (non-hydrogen) atoms. The molecule has 0 saturated heterocycles. The van der Waals surface area contributed by atoms with Crippen molar-refractivity contribution in [3.05, 3.63) is 54.2 Å². The Morgan fingerprint density at radius 1 is 1.17 bits per heavy atom. The highest BCUT2D eigenvalue weighted by Gasteiger charge is 2.15. The van der Waals surface area contributed by atoms with Gasteiger partial charge in [0.25, 0.3) is 0 Å². The first-order valence-corrected chi connectivity index (χ1v) is 9.50. The maximum absolute atomic E-state index is 11.4. The van der Waals surface area contributed by atoms with Gasteiger partial charge >= 0.3 is 11.9 Å². The minimum absolute atomic E-state index is 0.377. The summed E-state index contributed by atoms with van der Waals surface area (Å²) < 4.78 is 13.1. The lowest BCUT2D eigenvalue weighted by atomic mass is 10.1. The summed E-state index contributed by atoms with van der Waals surface area (Å²) in [7, 11) is 0. The van der Waals surface area contributed by atoms with Crippen molar-refractivity contribution in [3.8, 4) is 17.0 Å². The lowest BCUT2D eigenvalue weighted by Gasteiger charge is -2.17. The number of benzene rings is 1. The third-order valence-electron chi connectivity index (χ3n) is 4.65. The van der Waals surface area contributed by atoms with Crippen LogP contribution in [0.4, 0.5) is 0 Å². The van der Waals surface area contributed by atoms with Crippen LogP contribution in [0.15, 0.2) is 53.5 Å². The molecule has 1 aliphatic heterocycles. The fraction of sp³-hybridized carbons (Fsp3) is 0.318. The summed E-state index contributed by atoms with van der Waals surface area (Å²) in [4.78, 5) is 26.3. The molecule has 1 aromatic carbocycles. The van der Waals surface area contributed by atoms with E-state index in [9.17, 15) is 9.59 Å². The molecule has 3 rings (SSSR count). The number of ether oxygens (including phenoxy) is 2. The molecule has 0 fully saturated rings. The summed E-state index contributed by atoms with van der Waals surface area (Å²) in [5.41, 5.74) is 4.51. The average molecular weight is 396 g/mol. The quantitative estimate of drug-likeness (QED) is 0.546. The first kappa shape index (κ1) is 20.4. The predicted octanol–water partition coefficient (Wildman–Crippen LogP) is 3.32. The highest BCUT2D eigenvalue weighted by atomic mass is 16.5. The van der Waals surface area contributed by atoms with Gasteiger partial charge in [-0.1, -0.05) is 0 Å². The molecule has 0 amide bonds. The van der Waals surface area contributed by atoms with Crippen molar-refractivity contribution in [1.29, 1.82) is 0 Å². The number of rotatable bonds is 8. The minimum Gasteiger partial charge on any atom is -0.493 e. The van der Waals surface area contributed by atoms with Crippen molar-refractivity contribution in [2.24, 2.45) is 4.99 Å². The number of carbonyl (C=O) groups is 2. The van der Waals surface area contributed by atoms with E-state index in [2.05, 4.69) is 21.7 Å². The molecular formula is C22H24N2O5. The van der Waals surface area contributed by atoms with Gasteiger partial charge in [-0.3, -0.25) is 4.99 Å². The topological polar surface area (TPSA) is 90.1 Å². The fourth-order valence-electron chi connectivity index (χ4n) is 3.18. The molecule has 1 atom stereocenters. The zero-order valence-corrected chi connectivity index (χ0v) is 16.5. The second kappa shape index (κ2) is 9.23. The maximum atomic E-state index is 11.4. The average Bonchev–Trinajstić information content (AvgIpc) is 3.12. The maximum Gasteiger partial charge on any atom is 0.331 e. The summed E-state index contributed by atoms with van der Waals surface area (Å²) in [5, 5.41) is 8.49. The van der Waals surface area contributed by atoms with Gasteiger partial charge in [0, 0.05) is 30.8 Å². The number of aromatic nitrogens is 1. The summed E-state index contributed by atoms with van der Waals surface area (Å²) in [6.45, 7) is 5.83. The molecule has 2 heterocycles. The molecule has 152 valence electrons. The molecule has 0 aliphatic carbocycles. The third kappa shape index (κ3) is 5.34. The predicted molar refractivity (Wildman–Crippen MR) is 109 cm³/mol. The molecule has 7 nitrogen and oxygen atoms in total. The van der Waals surface area contributed by atoms with Gasteiger partial charge in [0.15, 0.2) is 0 Å². The van der Waals surface area contributed by atoms with Gasteiger partial charge in [-0.15, -0.1) is 0 Å². The summed E-state index contributed by atoms with van der Waals surface area (Å²) >= 11 is 0. The number of nitrogens with zero attached hydrogens (tertiary/aromatic N) is 2. The molecule has 1 aromatic heterocycles. The van der Waals surface area contributed by atoms with E-state index in [1.165, 1.54) is 0 Å². The number of esters is 1. The van der Waals surface area contributed by atoms with E-state index in [4.69, 9.17) is 14.6 Å². The molecule has 1 N–H and O–H groups in total. The van der Waals surface area contributed by atoms with Gasteiger partial charge in [-0.05, 0) is 55.8 Å². The second-order valence-electron chi connectivity index (χ2n) is 6.80. The van der Waals surface area contributed by atoms with Gasteiger partial charge in [0.05, 0.1) is 24.6 Å². The van der Waals surface area contributed by atoms with Crippen LogP contribution in [-0.2, 0) is 20.9 Å². The number of aliphatic imine (C=N–C) groups is 1. The van der Waals surface area contributed by atoms with Crippen molar-refractivity contribution in [2.75, 3.05) is 13.2 Å². The third-order valence-corrected chi connectivity index (χ3v) is 4.65. The Labute approximate surface area is 169 Å². The van der Waals surface area contributed by atoms with E-state index >= 15 is 0 Å². The van der Waals surface area contributed by atoms with Crippen LogP contribution in [0.1, 0.15) is 26.0 Å². The van der Waals surface area contributed by atoms with Gasteiger partial charge in [-0.25, -0.2) is 9.59 Å². The van der Waals surface area contributed by atoms with Crippen LogP contribution in [0.2, 0.25) is 0 Å². The van der Waals surface area contributed by atoms with Gasteiger partial charge in [0.2, 0.25) is 0 Å². The van der Waals surface area contributed by atoms with Crippen molar-refractivity contribution in [1.82, 2.24) is 4.57 Å². The van der Waals surface area contributed by atoms with Gasteiger partial charge in [-0.2, -0.15) is 0 Å². The van der Waals surface area contributed by atoms with Crippen LogP contribution in [0.5, 0.6) is 5.75 Å². The Morgan fingerprint density at radius 2 is 1.90 bits per heavy atom. The summed E-state index contributed by atoms with van der Waals surface area (Å²) in [5.74, 6) is -1.13. The lowest BCUT2D eigenvalue weighted by Crippen LogP contribution is -2.16. The van der Waals surface area contributed by atoms with Crippen LogP contribution >= 0.6 is 0 Å². The molecule has 2 aromatic rings. The highest BCUT2D eigenvalue weighted by Crippen LogP contribution is 2.26. The van der Waals surface area contributed by atoms with E-state index in [-0.39, 0.29) is 6.10 Å². The molecule has 7 heteroatoms. The number of hydrogen-bond donors (Lipinski definition) is 1. The van der Waals surface area contributed by atoms with E-state index < -0.39 is 11.9 Å². The monoisotopic (exact) mass is 396 g/mol. The number of carbonyl (C=O) groups excluding carboxylic acids is 1. The molecule has 1 unspecified atom stereocenters. The SMILES string of the molecule is CC1=NCCn2c1ccc2-c1ccc(OCCC(C)OC(=O)/C=C/C(=O)O)cc1. The van der Waals surface area contributed by atoms with Crippen LogP contribution in [0.25, 0.3) is 11.3 Å². The fourth-order valence-corrected chi connectivity index (χ4v) is 3.18. The van der Waals surface area contributed by atoms with E-state index in [1.54, 1.807) is 6.92 Å². The van der Waals surface area contributed by atoms with Crippen LogP contribution in [0, 0.1) is 0 Å². The Balaban J connectivity index is 1.51. The number of carboxylic acids is 1. The van der Waals surface area contributed by atoms with Crippen LogP contribution in [0.3, 0.4) is 0 Å². The minimum atomic E-state index is -1.19. The number of fused-ring (bicyclic) bond motifs is 1. The number of aliphatic carboxylic acids is 1. The van der Waals surface area contributed by atoms with Crippen molar-refractivity contribution in [2.45, 2.75) is 32.9 Å². The van der Waals surface area contributed by atoms with E-state index in [1.807, 2.05) is 31.2 Å². The Morgan fingerprint density at radius 3 is 2.62 bits per heavy atom. The molecule has 1 aliphatic rings. The lowest BCUT2D eigenvalue weighted by molar-refractivity contribution is -0.143. The molecular weight excluding hydrogens is 372 g/mol. The number of hydrogen-bond acceptors (Lipinski definition) is 5. The molecule has 0 saturated carbocycles. The van der Waals surface area contributed by atoms with Crippen molar-refractivity contribution in [3.63, 3.8) is 0 Å². The Hall–Kier alpha value is -3.35. The van der Waals surface area contributed by atoms with E-state index in [0.29, 0.717) is 13.0 Å². The molecule has 0 radical (unpaired) electrons. The summed E-state index contributed by atoms with van der Waals surface area (Å²) in [6, 6.07) is 12.1. The highest BCUT2D eigenvalue weighted by molar-refractivity contribution is 5.98. The smallest absolute Gasteiger partial charge is 0.331 e. The van der Waals surface area contributed by atoms with Crippen LogP contribution in [-0.4, -0.2) is 46.6 Å². The number of carboxylic acid groups (broad SMARTS) is 1. The van der Waals surface area contributed by atoms with Gasteiger partial charge < -0.3 is 19.1 Å². The molecule has 0 bridgehead atoms. The Kier molecular flexibility index (Phi) is 6.49. The van der Waals surface area contributed by atoms with Crippen LogP contribution < -0.4 is 4.74 Å².